The number of hydrogen-bond donors (Lipinski definition) is 4. The number of ether oxygens (including phenoxy) is 1. The molecule has 0 saturated carbocycles. The summed E-state index contributed by atoms with van der Waals surface area (Å²) < 4.78 is 5.08. The van der Waals surface area contributed by atoms with Crippen molar-refractivity contribution in [3.63, 3.8) is 0 Å². The highest BCUT2D eigenvalue weighted by molar-refractivity contribution is 5.88. The van der Waals surface area contributed by atoms with E-state index in [2.05, 4.69) is 10.6 Å². The van der Waals surface area contributed by atoms with E-state index in [1.807, 2.05) is 30.3 Å². The van der Waals surface area contributed by atoms with Crippen LogP contribution in [0.25, 0.3) is 0 Å². The SMILES string of the molecule is C[C@H](N[C@H](CCCNC(=O)OCc1ccccc1)C(=O)O)C(=O)N1CCC[C@H]1C(=O)O. The van der Waals surface area contributed by atoms with Gasteiger partial charge in [0.2, 0.25) is 5.91 Å². The molecule has 2 rings (SSSR count). The molecule has 0 radical (unpaired) electrons. The Hall–Kier alpha value is -3.14. The van der Waals surface area contributed by atoms with Gasteiger partial charge in [-0.2, -0.15) is 0 Å². The molecule has 0 bridgehead atoms. The number of likely N-dealkylation sites (tertiary alicyclic amines) is 1. The summed E-state index contributed by atoms with van der Waals surface area (Å²) in [4.78, 5) is 48.4. The third kappa shape index (κ3) is 7.56. The number of carboxylic acids is 2. The molecule has 10 nitrogen and oxygen atoms in total. The number of amides is 2. The molecule has 0 aliphatic carbocycles. The van der Waals surface area contributed by atoms with Crippen LogP contribution in [-0.2, 0) is 25.7 Å². The lowest BCUT2D eigenvalue weighted by Crippen LogP contribution is -2.53. The van der Waals surface area contributed by atoms with Gasteiger partial charge in [-0.05, 0) is 38.2 Å². The number of carboxylic acid groups (broad SMARTS) is 2. The number of rotatable bonds is 11. The Morgan fingerprint density at radius 1 is 1.19 bits per heavy atom. The van der Waals surface area contributed by atoms with Gasteiger partial charge < -0.3 is 25.2 Å². The molecule has 10 heteroatoms. The first kappa shape index (κ1) is 24.1. The summed E-state index contributed by atoms with van der Waals surface area (Å²) >= 11 is 0. The zero-order valence-corrected chi connectivity index (χ0v) is 17.5. The lowest BCUT2D eigenvalue weighted by molar-refractivity contribution is -0.149. The Balaban J connectivity index is 1.73. The molecule has 2 amide bonds. The van der Waals surface area contributed by atoms with Crippen molar-refractivity contribution in [1.82, 2.24) is 15.5 Å². The molecule has 0 unspecified atom stereocenters. The molecular formula is C21H29N3O7. The molecule has 1 fully saturated rings. The number of carbonyl (C=O) groups excluding carboxylic acids is 2. The van der Waals surface area contributed by atoms with Crippen molar-refractivity contribution in [2.24, 2.45) is 0 Å². The minimum Gasteiger partial charge on any atom is -0.480 e. The zero-order chi connectivity index (χ0) is 22.8. The predicted molar refractivity (Wildman–Crippen MR) is 110 cm³/mol. The van der Waals surface area contributed by atoms with Gasteiger partial charge in [0, 0.05) is 13.1 Å². The van der Waals surface area contributed by atoms with Crippen LogP contribution in [0.3, 0.4) is 0 Å². The smallest absolute Gasteiger partial charge is 0.407 e. The second kappa shape index (κ2) is 11.9. The quantitative estimate of drug-likeness (QED) is 0.379. The van der Waals surface area contributed by atoms with Gasteiger partial charge in [0.1, 0.15) is 18.7 Å². The van der Waals surface area contributed by atoms with Gasteiger partial charge in [0.05, 0.1) is 6.04 Å². The van der Waals surface area contributed by atoms with E-state index in [1.54, 1.807) is 0 Å². The molecule has 1 aliphatic rings. The van der Waals surface area contributed by atoms with E-state index in [4.69, 9.17) is 4.74 Å². The molecule has 3 atom stereocenters. The number of alkyl carbamates (subject to hydrolysis) is 1. The maximum absolute atomic E-state index is 12.6. The van der Waals surface area contributed by atoms with Crippen molar-refractivity contribution in [1.29, 1.82) is 0 Å². The fraction of sp³-hybridized carbons (Fsp3) is 0.524. The molecule has 1 heterocycles. The molecule has 170 valence electrons. The summed E-state index contributed by atoms with van der Waals surface area (Å²) in [6, 6.07) is 6.49. The van der Waals surface area contributed by atoms with Crippen LogP contribution in [-0.4, -0.2) is 70.3 Å². The Bertz CT molecular complexity index is 771. The first-order valence-corrected chi connectivity index (χ1v) is 10.3. The first-order chi connectivity index (χ1) is 14.8. The molecule has 1 saturated heterocycles. The fourth-order valence-corrected chi connectivity index (χ4v) is 3.46. The average molecular weight is 435 g/mol. The highest BCUT2D eigenvalue weighted by atomic mass is 16.5. The maximum atomic E-state index is 12.6. The van der Waals surface area contributed by atoms with Gasteiger partial charge >= 0.3 is 18.0 Å². The van der Waals surface area contributed by atoms with Crippen LogP contribution in [0.5, 0.6) is 0 Å². The van der Waals surface area contributed by atoms with Crippen LogP contribution in [0.2, 0.25) is 0 Å². The van der Waals surface area contributed by atoms with Crippen LogP contribution in [0.15, 0.2) is 30.3 Å². The topological polar surface area (TPSA) is 145 Å². The summed E-state index contributed by atoms with van der Waals surface area (Å²) in [7, 11) is 0. The second-order valence-corrected chi connectivity index (χ2v) is 7.44. The molecule has 0 aromatic heterocycles. The van der Waals surface area contributed by atoms with Crippen molar-refractivity contribution in [3.8, 4) is 0 Å². The Labute approximate surface area is 180 Å². The van der Waals surface area contributed by atoms with E-state index in [-0.39, 0.29) is 19.6 Å². The number of carbonyl (C=O) groups is 4. The monoisotopic (exact) mass is 435 g/mol. The molecule has 1 aliphatic heterocycles. The summed E-state index contributed by atoms with van der Waals surface area (Å²) in [5.74, 6) is -2.61. The largest absolute Gasteiger partial charge is 0.480 e. The van der Waals surface area contributed by atoms with Crippen molar-refractivity contribution >= 4 is 23.9 Å². The van der Waals surface area contributed by atoms with E-state index >= 15 is 0 Å². The van der Waals surface area contributed by atoms with Crippen molar-refractivity contribution < 1.29 is 34.1 Å². The second-order valence-electron chi connectivity index (χ2n) is 7.44. The number of aliphatic carboxylic acids is 2. The number of nitrogens with zero attached hydrogens (tertiary/aromatic N) is 1. The Morgan fingerprint density at radius 3 is 2.55 bits per heavy atom. The van der Waals surface area contributed by atoms with Crippen molar-refractivity contribution in [2.75, 3.05) is 13.1 Å². The van der Waals surface area contributed by atoms with E-state index in [0.29, 0.717) is 25.8 Å². The van der Waals surface area contributed by atoms with Gasteiger partial charge in [0.25, 0.3) is 0 Å². The van der Waals surface area contributed by atoms with E-state index in [0.717, 1.165) is 5.56 Å². The number of hydrogen-bond acceptors (Lipinski definition) is 6. The number of nitrogens with one attached hydrogen (secondary N) is 2. The Morgan fingerprint density at radius 2 is 1.90 bits per heavy atom. The molecule has 1 aromatic carbocycles. The minimum atomic E-state index is -1.12. The van der Waals surface area contributed by atoms with E-state index in [9.17, 15) is 29.4 Å². The lowest BCUT2D eigenvalue weighted by atomic mass is 10.1. The van der Waals surface area contributed by atoms with Gasteiger partial charge in [-0.15, -0.1) is 0 Å². The van der Waals surface area contributed by atoms with Gasteiger partial charge in [-0.25, -0.2) is 9.59 Å². The zero-order valence-electron chi connectivity index (χ0n) is 17.5. The predicted octanol–water partition coefficient (Wildman–Crippen LogP) is 1.20. The normalized spacial score (nSPS) is 17.6. The highest BCUT2D eigenvalue weighted by Gasteiger charge is 2.36. The lowest BCUT2D eigenvalue weighted by Gasteiger charge is -2.27. The molecule has 0 spiro atoms. The summed E-state index contributed by atoms with van der Waals surface area (Å²) in [6.07, 6.45) is 0.925. The third-order valence-corrected chi connectivity index (χ3v) is 5.09. The van der Waals surface area contributed by atoms with Gasteiger partial charge in [-0.3, -0.25) is 14.9 Å². The summed E-state index contributed by atoms with van der Waals surface area (Å²) in [6.45, 7) is 2.22. The van der Waals surface area contributed by atoms with Crippen LogP contribution >= 0.6 is 0 Å². The highest BCUT2D eigenvalue weighted by Crippen LogP contribution is 2.18. The van der Waals surface area contributed by atoms with Crippen LogP contribution in [0.4, 0.5) is 4.79 Å². The molecule has 4 N–H and O–H groups in total. The number of benzene rings is 1. The first-order valence-electron chi connectivity index (χ1n) is 10.3. The van der Waals surface area contributed by atoms with E-state index in [1.165, 1.54) is 11.8 Å². The standard InChI is InChI=1S/C21H29N3O7/c1-14(18(25)24-12-6-10-17(24)20(28)29)23-16(19(26)27)9-5-11-22-21(30)31-13-15-7-3-2-4-8-15/h2-4,7-8,14,16-17,23H,5-6,9-13H2,1H3,(H,22,30)(H,26,27)(H,28,29)/t14-,16+,17-/m0/s1. The maximum Gasteiger partial charge on any atom is 0.407 e. The Kier molecular flexibility index (Phi) is 9.26. The molecular weight excluding hydrogens is 406 g/mol. The summed E-state index contributed by atoms with van der Waals surface area (Å²) in [5, 5.41) is 24.0. The van der Waals surface area contributed by atoms with Crippen molar-refractivity contribution in [2.45, 2.75) is 57.3 Å². The van der Waals surface area contributed by atoms with Gasteiger partial charge in [-0.1, -0.05) is 30.3 Å². The van der Waals surface area contributed by atoms with Crippen LogP contribution in [0, 0.1) is 0 Å². The summed E-state index contributed by atoms with van der Waals surface area (Å²) in [5.41, 5.74) is 0.856. The van der Waals surface area contributed by atoms with E-state index < -0.39 is 42.1 Å². The third-order valence-electron chi connectivity index (χ3n) is 5.09. The average Bonchev–Trinajstić information content (AvgIpc) is 3.24. The molecule has 1 aromatic rings. The molecule has 31 heavy (non-hydrogen) atoms. The van der Waals surface area contributed by atoms with Gasteiger partial charge in [0.15, 0.2) is 0 Å². The van der Waals surface area contributed by atoms with Crippen molar-refractivity contribution in [3.05, 3.63) is 35.9 Å². The minimum absolute atomic E-state index is 0.138. The fourth-order valence-electron chi connectivity index (χ4n) is 3.46. The van der Waals surface area contributed by atoms with Crippen LogP contribution in [0.1, 0.15) is 38.2 Å². The van der Waals surface area contributed by atoms with Crippen LogP contribution < -0.4 is 10.6 Å².